The van der Waals surface area contributed by atoms with Gasteiger partial charge in [0.25, 0.3) is 11.8 Å². The summed E-state index contributed by atoms with van der Waals surface area (Å²) in [6.45, 7) is 0. The van der Waals surface area contributed by atoms with Crippen LogP contribution in [0.2, 0.25) is 0 Å². The van der Waals surface area contributed by atoms with Gasteiger partial charge < -0.3 is 9.47 Å². The van der Waals surface area contributed by atoms with Gasteiger partial charge in [-0.15, -0.1) is 0 Å². The number of methoxy groups -OCH3 is 2. The maximum atomic E-state index is 12.2. The molecule has 0 saturated carbocycles. The SMILES string of the molecule is COc1ccc(C(=O)N/N=C/c2ccccc2/C=N/NC(=O)c2ccc(OC)cc2)cc1. The predicted molar refractivity (Wildman–Crippen MR) is 123 cm³/mol. The van der Waals surface area contributed by atoms with E-state index < -0.39 is 0 Å². The Morgan fingerprint density at radius 2 is 1.03 bits per heavy atom. The summed E-state index contributed by atoms with van der Waals surface area (Å²) in [5, 5.41) is 8.02. The Balaban J connectivity index is 1.60. The second-order valence-electron chi connectivity index (χ2n) is 6.48. The van der Waals surface area contributed by atoms with Gasteiger partial charge in [0.1, 0.15) is 11.5 Å². The van der Waals surface area contributed by atoms with Crippen LogP contribution in [0.25, 0.3) is 0 Å². The van der Waals surface area contributed by atoms with Gasteiger partial charge in [-0.2, -0.15) is 10.2 Å². The van der Waals surface area contributed by atoms with Crippen molar-refractivity contribution in [2.24, 2.45) is 10.2 Å². The number of ether oxygens (including phenoxy) is 2. The molecular weight excluding hydrogens is 408 g/mol. The summed E-state index contributed by atoms with van der Waals surface area (Å²) in [5.41, 5.74) is 7.31. The summed E-state index contributed by atoms with van der Waals surface area (Å²) in [6.07, 6.45) is 3.02. The van der Waals surface area contributed by atoms with Crippen molar-refractivity contribution in [3.8, 4) is 11.5 Å². The van der Waals surface area contributed by atoms with Crippen LogP contribution in [0.15, 0.2) is 83.0 Å². The molecule has 3 aromatic carbocycles. The lowest BCUT2D eigenvalue weighted by Gasteiger charge is -2.03. The van der Waals surface area contributed by atoms with Crippen molar-refractivity contribution in [1.82, 2.24) is 10.9 Å². The van der Waals surface area contributed by atoms with E-state index in [1.165, 1.54) is 12.4 Å². The Morgan fingerprint density at radius 3 is 1.38 bits per heavy atom. The van der Waals surface area contributed by atoms with Gasteiger partial charge in [0.2, 0.25) is 0 Å². The largest absolute Gasteiger partial charge is 0.497 e. The molecule has 2 N–H and O–H groups in total. The normalized spacial score (nSPS) is 10.8. The third-order valence-corrected chi connectivity index (χ3v) is 4.44. The van der Waals surface area contributed by atoms with Gasteiger partial charge in [0, 0.05) is 22.3 Å². The Labute approximate surface area is 185 Å². The van der Waals surface area contributed by atoms with Crippen LogP contribution in [-0.2, 0) is 0 Å². The van der Waals surface area contributed by atoms with Crippen LogP contribution in [0.4, 0.5) is 0 Å². The Morgan fingerprint density at radius 1 is 0.656 bits per heavy atom. The number of nitrogens with zero attached hydrogens (tertiary/aromatic N) is 2. The second kappa shape index (κ2) is 11.1. The fraction of sp³-hybridized carbons (Fsp3) is 0.0833. The van der Waals surface area contributed by atoms with E-state index in [2.05, 4.69) is 21.1 Å². The molecule has 3 aromatic rings. The monoisotopic (exact) mass is 430 g/mol. The first-order chi connectivity index (χ1) is 15.6. The zero-order chi connectivity index (χ0) is 22.8. The maximum Gasteiger partial charge on any atom is 0.271 e. The Hall–Kier alpha value is -4.46. The zero-order valence-corrected chi connectivity index (χ0v) is 17.6. The molecule has 0 aliphatic rings. The molecule has 0 heterocycles. The highest BCUT2D eigenvalue weighted by Crippen LogP contribution is 2.12. The highest BCUT2D eigenvalue weighted by Gasteiger charge is 2.05. The van der Waals surface area contributed by atoms with Gasteiger partial charge in [-0.05, 0) is 48.5 Å². The maximum absolute atomic E-state index is 12.2. The van der Waals surface area contributed by atoms with Crippen molar-refractivity contribution in [1.29, 1.82) is 0 Å². The van der Waals surface area contributed by atoms with E-state index in [-0.39, 0.29) is 11.8 Å². The third-order valence-electron chi connectivity index (χ3n) is 4.44. The lowest BCUT2D eigenvalue weighted by molar-refractivity contribution is 0.0947. The van der Waals surface area contributed by atoms with Crippen LogP contribution in [0, 0.1) is 0 Å². The van der Waals surface area contributed by atoms with Gasteiger partial charge in [-0.25, -0.2) is 10.9 Å². The minimum Gasteiger partial charge on any atom is -0.497 e. The molecule has 3 rings (SSSR count). The lowest BCUT2D eigenvalue weighted by atomic mass is 10.1. The molecule has 0 fully saturated rings. The lowest BCUT2D eigenvalue weighted by Crippen LogP contribution is -2.18. The quantitative estimate of drug-likeness (QED) is 0.423. The van der Waals surface area contributed by atoms with Crippen LogP contribution >= 0.6 is 0 Å². The zero-order valence-electron chi connectivity index (χ0n) is 17.6. The van der Waals surface area contributed by atoms with Crippen molar-refractivity contribution in [2.45, 2.75) is 0 Å². The molecule has 0 aliphatic heterocycles. The van der Waals surface area contributed by atoms with Gasteiger partial charge >= 0.3 is 0 Å². The molecule has 0 spiro atoms. The standard InChI is InChI=1S/C24H22N4O4/c1-31-21-11-7-17(8-12-21)23(29)27-25-15-19-5-3-4-6-20(19)16-26-28-24(30)18-9-13-22(32-2)14-10-18/h3-16H,1-2H3,(H,27,29)(H,28,30)/b25-15+,26-16+. The average Bonchev–Trinajstić information content (AvgIpc) is 2.85. The molecule has 0 aromatic heterocycles. The van der Waals surface area contributed by atoms with Crippen LogP contribution in [-0.4, -0.2) is 38.5 Å². The first-order valence-corrected chi connectivity index (χ1v) is 9.64. The molecule has 0 saturated heterocycles. The number of hydrogen-bond donors (Lipinski definition) is 2. The second-order valence-corrected chi connectivity index (χ2v) is 6.48. The van der Waals surface area contributed by atoms with Crippen LogP contribution in [0.3, 0.4) is 0 Å². The number of carbonyl (C=O) groups is 2. The summed E-state index contributed by atoms with van der Waals surface area (Å²) in [4.78, 5) is 24.4. The summed E-state index contributed by atoms with van der Waals surface area (Å²) in [5.74, 6) is 0.637. The fourth-order valence-corrected chi connectivity index (χ4v) is 2.68. The average molecular weight is 430 g/mol. The minimum atomic E-state index is -0.346. The van der Waals surface area contributed by atoms with Gasteiger partial charge in [-0.3, -0.25) is 9.59 Å². The van der Waals surface area contributed by atoms with Crippen molar-refractivity contribution >= 4 is 24.2 Å². The number of rotatable bonds is 8. The molecule has 0 unspecified atom stereocenters. The predicted octanol–water partition coefficient (Wildman–Crippen LogP) is 3.23. The summed E-state index contributed by atoms with van der Waals surface area (Å²) < 4.78 is 10.2. The fourth-order valence-electron chi connectivity index (χ4n) is 2.68. The van der Waals surface area contributed by atoms with E-state index in [0.717, 1.165) is 0 Å². The van der Waals surface area contributed by atoms with Crippen molar-refractivity contribution in [3.63, 3.8) is 0 Å². The van der Waals surface area contributed by atoms with Crippen LogP contribution in [0.5, 0.6) is 11.5 Å². The molecule has 2 amide bonds. The molecule has 0 aliphatic carbocycles. The molecule has 0 bridgehead atoms. The van der Waals surface area contributed by atoms with Crippen molar-refractivity contribution in [2.75, 3.05) is 14.2 Å². The van der Waals surface area contributed by atoms with E-state index >= 15 is 0 Å². The Bertz CT molecular complexity index is 1030. The van der Waals surface area contributed by atoms with E-state index in [9.17, 15) is 9.59 Å². The van der Waals surface area contributed by atoms with Crippen molar-refractivity contribution in [3.05, 3.63) is 95.1 Å². The number of nitrogens with one attached hydrogen (secondary N) is 2. The molecule has 32 heavy (non-hydrogen) atoms. The molecule has 8 nitrogen and oxygen atoms in total. The summed E-state index contributed by atoms with van der Waals surface area (Å²) in [6, 6.07) is 20.7. The molecular formula is C24H22N4O4. The molecule has 8 heteroatoms. The van der Waals surface area contributed by atoms with Gasteiger partial charge in [0.05, 0.1) is 26.6 Å². The summed E-state index contributed by atoms with van der Waals surface area (Å²) in [7, 11) is 3.12. The third kappa shape index (κ3) is 6.02. The number of benzene rings is 3. The number of hydrogen-bond acceptors (Lipinski definition) is 6. The van der Waals surface area contributed by atoms with E-state index in [0.29, 0.717) is 33.8 Å². The van der Waals surface area contributed by atoms with Crippen LogP contribution in [0.1, 0.15) is 31.8 Å². The van der Waals surface area contributed by atoms with E-state index in [1.807, 2.05) is 24.3 Å². The Kier molecular flexibility index (Phi) is 7.69. The smallest absolute Gasteiger partial charge is 0.271 e. The molecule has 0 atom stereocenters. The number of hydrazone groups is 2. The van der Waals surface area contributed by atoms with Crippen LogP contribution < -0.4 is 20.3 Å². The van der Waals surface area contributed by atoms with Crippen molar-refractivity contribution < 1.29 is 19.1 Å². The highest BCUT2D eigenvalue weighted by atomic mass is 16.5. The first-order valence-electron chi connectivity index (χ1n) is 9.64. The van der Waals surface area contributed by atoms with Gasteiger partial charge in [-0.1, -0.05) is 24.3 Å². The number of amides is 2. The van der Waals surface area contributed by atoms with Gasteiger partial charge in [0.15, 0.2) is 0 Å². The van der Waals surface area contributed by atoms with E-state index in [4.69, 9.17) is 9.47 Å². The molecule has 0 radical (unpaired) electrons. The summed E-state index contributed by atoms with van der Waals surface area (Å²) >= 11 is 0. The topological polar surface area (TPSA) is 101 Å². The molecule has 162 valence electrons. The van der Waals surface area contributed by atoms with E-state index in [1.54, 1.807) is 62.8 Å². The highest BCUT2D eigenvalue weighted by molar-refractivity contribution is 5.98. The first kappa shape index (κ1) is 22.2. The minimum absolute atomic E-state index is 0.346. The number of carbonyl (C=O) groups excluding carboxylic acids is 2.